The fraction of sp³-hybridized carbons (Fsp3) is 0.100. The van der Waals surface area contributed by atoms with Gasteiger partial charge >= 0.3 is 5.97 Å². The number of halogens is 1. The Morgan fingerprint density at radius 2 is 1.87 bits per heavy atom. The smallest absolute Gasteiger partial charge is 0.374 e. The minimum atomic E-state index is -3.94. The van der Waals surface area contributed by atoms with E-state index in [4.69, 9.17) is 25.9 Å². The van der Waals surface area contributed by atoms with Crippen LogP contribution in [0.4, 0.5) is 5.69 Å². The number of anilines is 1. The molecule has 0 aliphatic carbocycles. The Hall–Kier alpha value is -3.14. The first-order valence-corrected chi connectivity index (χ1v) is 10.5. The number of furan rings is 1. The van der Waals surface area contributed by atoms with Gasteiger partial charge in [-0.2, -0.15) is 0 Å². The van der Waals surface area contributed by atoms with Crippen molar-refractivity contribution in [1.82, 2.24) is 0 Å². The highest BCUT2D eigenvalue weighted by Gasteiger charge is 2.17. The lowest BCUT2D eigenvalue weighted by atomic mass is 10.2. The van der Waals surface area contributed by atoms with E-state index in [9.17, 15) is 18.0 Å². The molecule has 10 heteroatoms. The number of nitrogens with one attached hydrogen (secondary N) is 1. The van der Waals surface area contributed by atoms with Crippen molar-refractivity contribution < 1.29 is 27.2 Å². The number of carbonyl (C=O) groups excluding carboxylic acids is 2. The third-order valence-electron chi connectivity index (χ3n) is 4.06. The summed E-state index contributed by atoms with van der Waals surface area (Å²) in [5.74, 6) is -1.21. The van der Waals surface area contributed by atoms with Crippen LogP contribution in [0.1, 0.15) is 16.1 Å². The molecule has 0 spiro atoms. The zero-order chi connectivity index (χ0) is 21.9. The maximum Gasteiger partial charge on any atom is 0.374 e. The van der Waals surface area contributed by atoms with Crippen LogP contribution in [-0.4, -0.2) is 26.9 Å². The molecule has 0 aliphatic rings. The average molecular weight is 449 g/mol. The summed E-state index contributed by atoms with van der Waals surface area (Å²) in [4.78, 5) is 24.1. The molecule has 0 bridgehead atoms. The Balaban J connectivity index is 1.62. The lowest BCUT2D eigenvalue weighted by molar-refractivity contribution is -0.119. The molecule has 8 nitrogen and oxygen atoms in total. The van der Waals surface area contributed by atoms with Gasteiger partial charge < -0.3 is 14.5 Å². The molecule has 30 heavy (non-hydrogen) atoms. The second-order valence-corrected chi connectivity index (χ2v) is 8.23. The summed E-state index contributed by atoms with van der Waals surface area (Å²) in [5.41, 5.74) is 1.25. The van der Waals surface area contributed by atoms with Crippen molar-refractivity contribution in [1.29, 1.82) is 0 Å². The normalized spacial score (nSPS) is 11.2. The first-order chi connectivity index (χ1) is 14.1. The van der Waals surface area contributed by atoms with E-state index in [0.717, 1.165) is 0 Å². The van der Waals surface area contributed by atoms with Gasteiger partial charge in [-0.1, -0.05) is 29.8 Å². The Bertz CT molecular complexity index is 1220. The van der Waals surface area contributed by atoms with E-state index in [0.29, 0.717) is 21.9 Å². The minimum Gasteiger partial charge on any atom is -0.450 e. The predicted octanol–water partition coefficient (Wildman–Crippen LogP) is 3.35. The number of primary sulfonamides is 1. The number of hydrogen-bond donors (Lipinski definition) is 2. The SMILES string of the molecule is Cc1ccc(NC(=O)COC(=O)c2ccc(-c3ccccc3Cl)o2)cc1S(N)(=O)=O. The van der Waals surface area contributed by atoms with E-state index in [1.807, 2.05) is 0 Å². The van der Waals surface area contributed by atoms with Crippen molar-refractivity contribution in [3.63, 3.8) is 0 Å². The van der Waals surface area contributed by atoms with Gasteiger partial charge in [-0.3, -0.25) is 4.79 Å². The number of carbonyl (C=O) groups is 2. The number of amides is 1. The molecule has 1 aromatic heterocycles. The summed E-state index contributed by atoms with van der Waals surface area (Å²) in [6, 6.07) is 14.2. The third kappa shape index (κ3) is 5.07. The van der Waals surface area contributed by atoms with E-state index in [-0.39, 0.29) is 16.3 Å². The van der Waals surface area contributed by atoms with Crippen LogP contribution in [0.5, 0.6) is 0 Å². The third-order valence-corrected chi connectivity index (χ3v) is 5.44. The largest absolute Gasteiger partial charge is 0.450 e. The molecule has 0 unspecified atom stereocenters. The van der Waals surface area contributed by atoms with Crippen LogP contribution in [0.25, 0.3) is 11.3 Å². The molecule has 0 saturated heterocycles. The first-order valence-electron chi connectivity index (χ1n) is 8.60. The highest BCUT2D eigenvalue weighted by molar-refractivity contribution is 7.89. The molecule has 1 heterocycles. The van der Waals surface area contributed by atoms with Gasteiger partial charge in [0.2, 0.25) is 15.8 Å². The second-order valence-electron chi connectivity index (χ2n) is 6.29. The van der Waals surface area contributed by atoms with Crippen molar-refractivity contribution >= 4 is 39.2 Å². The number of hydrogen-bond acceptors (Lipinski definition) is 6. The number of benzene rings is 2. The molecule has 3 N–H and O–H groups in total. The summed E-state index contributed by atoms with van der Waals surface area (Å²) < 4.78 is 33.5. The van der Waals surface area contributed by atoms with Crippen LogP contribution < -0.4 is 10.5 Å². The zero-order valence-electron chi connectivity index (χ0n) is 15.7. The van der Waals surface area contributed by atoms with E-state index < -0.39 is 28.5 Å². The average Bonchev–Trinajstić information content (AvgIpc) is 3.17. The number of rotatable bonds is 6. The monoisotopic (exact) mass is 448 g/mol. The van der Waals surface area contributed by atoms with E-state index >= 15 is 0 Å². The van der Waals surface area contributed by atoms with Crippen LogP contribution in [-0.2, 0) is 19.6 Å². The van der Waals surface area contributed by atoms with Crippen LogP contribution in [0.2, 0.25) is 5.02 Å². The number of esters is 1. The first kappa shape index (κ1) is 21.6. The Kier molecular flexibility index (Phi) is 6.25. The molecule has 2 aromatic carbocycles. The fourth-order valence-electron chi connectivity index (χ4n) is 2.64. The molecule has 0 aliphatic heterocycles. The lowest BCUT2D eigenvalue weighted by Crippen LogP contribution is -2.21. The van der Waals surface area contributed by atoms with Crippen LogP contribution in [0.3, 0.4) is 0 Å². The summed E-state index contributed by atoms with van der Waals surface area (Å²) in [6.07, 6.45) is 0. The van der Waals surface area contributed by atoms with Crippen molar-refractivity contribution in [2.45, 2.75) is 11.8 Å². The summed E-state index contributed by atoms with van der Waals surface area (Å²) in [7, 11) is -3.94. The van der Waals surface area contributed by atoms with E-state index in [1.54, 1.807) is 37.3 Å². The Morgan fingerprint density at radius 3 is 2.57 bits per heavy atom. The summed E-state index contributed by atoms with van der Waals surface area (Å²) in [6.45, 7) is 0.979. The Labute approximate surface area is 177 Å². The maximum absolute atomic E-state index is 12.1. The molecule has 0 radical (unpaired) electrons. The minimum absolute atomic E-state index is 0.0930. The molecule has 3 rings (SSSR count). The quantitative estimate of drug-likeness (QED) is 0.556. The summed E-state index contributed by atoms with van der Waals surface area (Å²) in [5, 5.41) is 8.05. The standard InChI is InChI=1S/C20H17ClN2O6S/c1-12-6-7-13(10-18(12)30(22,26)27)23-19(24)11-28-20(25)17-9-8-16(29-17)14-4-2-3-5-15(14)21/h2-10H,11H2,1H3,(H,23,24)(H2,22,26,27). The lowest BCUT2D eigenvalue weighted by Gasteiger charge is -2.09. The van der Waals surface area contributed by atoms with Gasteiger partial charge in [-0.15, -0.1) is 0 Å². The maximum atomic E-state index is 12.1. The van der Waals surface area contributed by atoms with E-state index in [2.05, 4.69) is 5.32 Å². The van der Waals surface area contributed by atoms with Gasteiger partial charge in [-0.05, 0) is 48.9 Å². The van der Waals surface area contributed by atoms with Crippen LogP contribution in [0.15, 0.2) is 63.9 Å². The highest BCUT2D eigenvalue weighted by Crippen LogP contribution is 2.29. The van der Waals surface area contributed by atoms with Gasteiger partial charge in [-0.25, -0.2) is 18.4 Å². The molecule has 3 aromatic rings. The fourth-order valence-corrected chi connectivity index (χ4v) is 3.67. The van der Waals surface area contributed by atoms with Gasteiger partial charge in [0.05, 0.1) is 9.92 Å². The number of aryl methyl sites for hydroxylation is 1. The molecule has 1 amide bonds. The van der Waals surface area contributed by atoms with Gasteiger partial charge in [0.15, 0.2) is 6.61 Å². The highest BCUT2D eigenvalue weighted by atomic mass is 35.5. The number of nitrogens with two attached hydrogens (primary N) is 1. The van der Waals surface area contributed by atoms with Gasteiger partial charge in [0.1, 0.15) is 5.76 Å². The Morgan fingerprint density at radius 1 is 1.13 bits per heavy atom. The van der Waals surface area contributed by atoms with Crippen molar-refractivity contribution in [2.24, 2.45) is 5.14 Å². The van der Waals surface area contributed by atoms with Crippen molar-refractivity contribution in [3.05, 3.63) is 70.9 Å². The molecule has 156 valence electrons. The van der Waals surface area contributed by atoms with Gasteiger partial charge in [0.25, 0.3) is 5.91 Å². The van der Waals surface area contributed by atoms with Crippen LogP contribution in [0, 0.1) is 6.92 Å². The molecule has 0 fully saturated rings. The number of ether oxygens (including phenoxy) is 1. The molecular formula is C20H17ClN2O6S. The topological polar surface area (TPSA) is 129 Å². The summed E-state index contributed by atoms with van der Waals surface area (Å²) >= 11 is 6.10. The second kappa shape index (κ2) is 8.70. The van der Waals surface area contributed by atoms with Crippen molar-refractivity contribution in [3.8, 4) is 11.3 Å². The number of sulfonamides is 1. The van der Waals surface area contributed by atoms with Crippen LogP contribution >= 0.6 is 11.6 Å². The zero-order valence-corrected chi connectivity index (χ0v) is 17.3. The molecular weight excluding hydrogens is 432 g/mol. The predicted molar refractivity (Wildman–Crippen MR) is 111 cm³/mol. The molecule has 0 saturated carbocycles. The van der Waals surface area contributed by atoms with Gasteiger partial charge in [0, 0.05) is 11.3 Å². The van der Waals surface area contributed by atoms with Crippen molar-refractivity contribution in [2.75, 3.05) is 11.9 Å². The molecule has 0 atom stereocenters. The van der Waals surface area contributed by atoms with E-state index in [1.165, 1.54) is 24.3 Å².